The summed E-state index contributed by atoms with van der Waals surface area (Å²) in [5.41, 5.74) is 0.382. The number of halogens is 1. The van der Waals surface area contributed by atoms with Gasteiger partial charge in [0.25, 0.3) is 5.56 Å². The zero-order valence-corrected chi connectivity index (χ0v) is 14.1. The minimum Gasteiger partial charge on any atom is -0.325 e. The first-order valence-corrected chi connectivity index (χ1v) is 8.61. The van der Waals surface area contributed by atoms with Crippen LogP contribution in [0.15, 0.2) is 44.1 Å². The summed E-state index contributed by atoms with van der Waals surface area (Å²) in [4.78, 5) is 23.8. The van der Waals surface area contributed by atoms with Crippen LogP contribution in [-0.2, 0) is 4.79 Å². The normalized spacial score (nSPS) is 10.8. The van der Waals surface area contributed by atoms with Gasteiger partial charge in [0.05, 0.1) is 5.75 Å². The van der Waals surface area contributed by atoms with Crippen LogP contribution in [0.2, 0.25) is 0 Å². The monoisotopic (exact) mass is 397 g/mol. The molecule has 1 N–H and O–H groups in total. The van der Waals surface area contributed by atoms with Gasteiger partial charge in [0.15, 0.2) is 4.34 Å². The van der Waals surface area contributed by atoms with Gasteiger partial charge in [0.2, 0.25) is 10.9 Å². The largest absolute Gasteiger partial charge is 0.325 e. The second-order valence-corrected chi connectivity index (χ2v) is 7.18. The summed E-state index contributed by atoms with van der Waals surface area (Å²) in [5.74, 6) is 0.0444. The number of anilines is 1. The van der Waals surface area contributed by atoms with E-state index in [1.807, 2.05) is 12.1 Å². The number of benzene rings is 1. The average Bonchev–Trinajstić information content (AvgIpc) is 2.92. The van der Waals surface area contributed by atoms with E-state index in [1.54, 1.807) is 12.1 Å². The summed E-state index contributed by atoms with van der Waals surface area (Å²) in [5, 5.41) is 14.3. The van der Waals surface area contributed by atoms with E-state index in [-0.39, 0.29) is 17.2 Å². The summed E-state index contributed by atoms with van der Waals surface area (Å²) in [7, 11) is 0. The van der Waals surface area contributed by atoms with E-state index in [9.17, 15) is 9.59 Å². The molecule has 1 aromatic carbocycles. The lowest BCUT2D eigenvalue weighted by molar-refractivity contribution is -0.113. The summed E-state index contributed by atoms with van der Waals surface area (Å²) in [6.07, 6.45) is 1.10. The minimum absolute atomic E-state index is 0.148. The van der Waals surface area contributed by atoms with Crippen LogP contribution in [0.4, 0.5) is 5.69 Å². The minimum atomic E-state index is -0.340. The van der Waals surface area contributed by atoms with Crippen molar-refractivity contribution in [2.45, 2.75) is 4.34 Å². The molecule has 0 radical (unpaired) electrons. The number of amides is 1. The van der Waals surface area contributed by atoms with Gasteiger partial charge in [-0.1, -0.05) is 39.0 Å². The van der Waals surface area contributed by atoms with Gasteiger partial charge >= 0.3 is 0 Å². The number of thioether (sulfide) groups is 1. The van der Waals surface area contributed by atoms with Gasteiger partial charge in [0.1, 0.15) is 6.20 Å². The Bertz CT molecular complexity index is 877. The van der Waals surface area contributed by atoms with Crippen molar-refractivity contribution in [3.63, 3.8) is 0 Å². The van der Waals surface area contributed by atoms with Crippen molar-refractivity contribution in [2.75, 3.05) is 11.1 Å². The molecule has 0 bridgehead atoms. The molecule has 10 heteroatoms. The molecule has 0 atom stereocenters. The lowest BCUT2D eigenvalue weighted by Crippen LogP contribution is -2.15. The smallest absolute Gasteiger partial charge is 0.293 e. The van der Waals surface area contributed by atoms with Gasteiger partial charge in [0, 0.05) is 10.2 Å². The van der Waals surface area contributed by atoms with Crippen molar-refractivity contribution in [1.82, 2.24) is 19.8 Å². The molecule has 3 aromatic rings. The number of fused-ring (bicyclic) bond motifs is 1. The Hall–Kier alpha value is -1.78. The number of hydrogen-bond acceptors (Lipinski definition) is 7. The van der Waals surface area contributed by atoms with Gasteiger partial charge in [-0.15, -0.1) is 10.2 Å². The molecule has 22 heavy (non-hydrogen) atoms. The van der Waals surface area contributed by atoms with Gasteiger partial charge < -0.3 is 5.32 Å². The van der Waals surface area contributed by atoms with Crippen molar-refractivity contribution >= 4 is 55.6 Å². The first kappa shape index (κ1) is 15.1. The fourth-order valence-corrected chi connectivity index (χ4v) is 3.52. The van der Waals surface area contributed by atoms with Crippen LogP contribution in [0.5, 0.6) is 0 Å². The third-order valence-electron chi connectivity index (χ3n) is 2.52. The Balaban J connectivity index is 1.63. The number of nitrogens with zero attached hydrogens (tertiary/aromatic N) is 4. The van der Waals surface area contributed by atoms with Crippen LogP contribution in [-0.4, -0.2) is 31.5 Å². The van der Waals surface area contributed by atoms with E-state index in [0.717, 1.165) is 16.4 Å². The number of carbonyl (C=O) groups excluding carboxylic acids is 1. The Kier molecular flexibility index (Phi) is 4.50. The van der Waals surface area contributed by atoms with Crippen molar-refractivity contribution in [3.05, 3.63) is 45.3 Å². The van der Waals surface area contributed by atoms with E-state index in [4.69, 9.17) is 0 Å². The standard InChI is InChI=1S/C12H8BrN5O2S2/c13-7-1-3-8(4-2-7)15-9(19)6-21-12-17-18-10(20)5-14-16-11(18)22-12/h1-5H,6H2,(H,15,19). The van der Waals surface area contributed by atoms with Crippen LogP contribution in [0, 0.1) is 0 Å². The molecule has 0 unspecified atom stereocenters. The van der Waals surface area contributed by atoms with Crippen molar-refractivity contribution in [2.24, 2.45) is 0 Å². The maximum Gasteiger partial charge on any atom is 0.293 e. The van der Waals surface area contributed by atoms with Crippen LogP contribution >= 0.6 is 39.0 Å². The highest BCUT2D eigenvalue weighted by Crippen LogP contribution is 2.23. The molecule has 7 nitrogen and oxygen atoms in total. The molecular weight excluding hydrogens is 390 g/mol. The van der Waals surface area contributed by atoms with E-state index in [0.29, 0.717) is 9.30 Å². The fraction of sp³-hybridized carbons (Fsp3) is 0.0833. The van der Waals surface area contributed by atoms with Gasteiger partial charge in [-0.2, -0.15) is 9.61 Å². The molecule has 0 saturated carbocycles. The molecule has 0 aliphatic rings. The summed E-state index contributed by atoms with van der Waals surface area (Å²) in [6.45, 7) is 0. The lowest BCUT2D eigenvalue weighted by Gasteiger charge is -2.03. The summed E-state index contributed by atoms with van der Waals surface area (Å²) >= 11 is 5.79. The predicted molar refractivity (Wildman–Crippen MR) is 88.4 cm³/mol. The molecule has 2 aromatic heterocycles. The van der Waals surface area contributed by atoms with Crippen LogP contribution < -0.4 is 10.9 Å². The molecule has 1 amide bonds. The molecule has 0 fully saturated rings. The Morgan fingerprint density at radius 1 is 1.36 bits per heavy atom. The van der Waals surface area contributed by atoms with E-state index in [1.165, 1.54) is 27.6 Å². The van der Waals surface area contributed by atoms with E-state index >= 15 is 0 Å². The molecule has 0 aliphatic carbocycles. The highest BCUT2D eigenvalue weighted by molar-refractivity contribution is 9.10. The molecule has 0 aliphatic heterocycles. The SMILES string of the molecule is O=C(CSc1nn2c(=O)cnnc2s1)Nc1ccc(Br)cc1. The third-order valence-corrected chi connectivity index (χ3v) is 5.08. The second-order valence-electron chi connectivity index (χ2n) is 4.09. The quantitative estimate of drug-likeness (QED) is 0.677. The number of nitrogens with one attached hydrogen (secondary N) is 1. The Morgan fingerprint density at radius 3 is 2.86 bits per heavy atom. The van der Waals surface area contributed by atoms with Gasteiger partial charge in [-0.25, -0.2) is 0 Å². The molecule has 112 valence electrons. The van der Waals surface area contributed by atoms with Crippen molar-refractivity contribution in [3.8, 4) is 0 Å². The zero-order valence-electron chi connectivity index (χ0n) is 10.9. The topological polar surface area (TPSA) is 89.3 Å². The summed E-state index contributed by atoms with van der Waals surface area (Å²) < 4.78 is 2.71. The zero-order chi connectivity index (χ0) is 15.5. The number of carbonyl (C=O) groups is 1. The lowest BCUT2D eigenvalue weighted by atomic mass is 10.3. The maximum atomic E-state index is 11.9. The van der Waals surface area contributed by atoms with Gasteiger partial charge in [-0.3, -0.25) is 9.59 Å². The first-order valence-electron chi connectivity index (χ1n) is 6.01. The molecule has 3 rings (SSSR count). The maximum absolute atomic E-state index is 11.9. The molecule has 0 saturated heterocycles. The van der Waals surface area contributed by atoms with Crippen LogP contribution in [0.1, 0.15) is 0 Å². The fourth-order valence-electron chi connectivity index (χ4n) is 1.57. The Labute approximate surface area is 140 Å². The highest BCUT2D eigenvalue weighted by atomic mass is 79.9. The Morgan fingerprint density at radius 2 is 2.14 bits per heavy atom. The van der Waals surface area contributed by atoms with E-state index in [2.05, 4.69) is 36.5 Å². The third kappa shape index (κ3) is 3.51. The number of rotatable bonds is 4. The molecule has 0 spiro atoms. The average molecular weight is 398 g/mol. The number of hydrogen-bond donors (Lipinski definition) is 1. The molecular formula is C12H8BrN5O2S2. The molecule has 2 heterocycles. The van der Waals surface area contributed by atoms with Crippen LogP contribution in [0.25, 0.3) is 4.96 Å². The van der Waals surface area contributed by atoms with Crippen LogP contribution in [0.3, 0.4) is 0 Å². The predicted octanol–water partition coefficient (Wildman–Crippen LogP) is 2.04. The summed E-state index contributed by atoms with van der Waals surface area (Å²) in [6, 6.07) is 7.31. The first-order chi connectivity index (χ1) is 10.6. The van der Waals surface area contributed by atoms with Crippen molar-refractivity contribution in [1.29, 1.82) is 0 Å². The van der Waals surface area contributed by atoms with Gasteiger partial charge in [-0.05, 0) is 24.3 Å². The van der Waals surface area contributed by atoms with E-state index < -0.39 is 0 Å². The highest BCUT2D eigenvalue weighted by Gasteiger charge is 2.10. The second kappa shape index (κ2) is 6.55. The van der Waals surface area contributed by atoms with Crippen molar-refractivity contribution < 1.29 is 4.79 Å². The number of aromatic nitrogens is 4.